The number of hydrogen-bond acceptors (Lipinski definition) is 8. The van der Waals surface area contributed by atoms with Crippen LogP contribution in [0.5, 0.6) is 0 Å². The number of nitrogens with zero attached hydrogens (tertiary/aromatic N) is 5. The molecule has 0 aliphatic heterocycles. The number of rotatable bonds is 5. The number of fused-ring (bicyclic) bond motifs is 1. The smallest absolute Gasteiger partial charge is 0.343 e. The molecule has 0 bridgehead atoms. The quantitative estimate of drug-likeness (QED) is 0.509. The maximum atomic E-state index is 12.0. The van der Waals surface area contributed by atoms with E-state index in [1.807, 2.05) is 29.6 Å². The molecule has 4 rings (SSSR count). The normalized spacial score (nSPS) is 10.9. The Balaban J connectivity index is 1.67. The number of anilines is 2. The summed E-state index contributed by atoms with van der Waals surface area (Å²) in [6.07, 6.45) is 2.73. The molecule has 10 heteroatoms. The SMILES string of the molecule is CCOC(=O)c1cncnc1Nc1nc2scc(-c3ccc(Cl)cc3)n2n1. The molecular formula is C17H13ClN6O2S. The molecule has 0 saturated heterocycles. The average Bonchev–Trinajstić information content (AvgIpc) is 3.23. The van der Waals surface area contributed by atoms with Crippen LogP contribution in [-0.4, -0.2) is 37.1 Å². The summed E-state index contributed by atoms with van der Waals surface area (Å²) in [5.41, 5.74) is 2.08. The van der Waals surface area contributed by atoms with Crippen LogP contribution >= 0.6 is 22.9 Å². The fourth-order valence-electron chi connectivity index (χ4n) is 2.45. The van der Waals surface area contributed by atoms with E-state index in [-0.39, 0.29) is 18.0 Å². The molecule has 3 heterocycles. The summed E-state index contributed by atoms with van der Waals surface area (Å²) < 4.78 is 6.75. The molecule has 8 nitrogen and oxygen atoms in total. The second-order valence-electron chi connectivity index (χ2n) is 5.39. The first-order valence-corrected chi connectivity index (χ1v) is 9.26. The molecule has 0 amide bonds. The van der Waals surface area contributed by atoms with Crippen LogP contribution in [0.2, 0.25) is 5.02 Å². The van der Waals surface area contributed by atoms with E-state index in [1.165, 1.54) is 23.9 Å². The Labute approximate surface area is 162 Å². The number of nitrogens with one attached hydrogen (secondary N) is 1. The Bertz CT molecular complexity index is 1110. The van der Waals surface area contributed by atoms with Crippen molar-refractivity contribution in [3.63, 3.8) is 0 Å². The number of carbonyl (C=O) groups excluding carboxylic acids is 1. The number of aromatic nitrogens is 5. The van der Waals surface area contributed by atoms with Crippen molar-refractivity contribution in [1.82, 2.24) is 24.6 Å². The van der Waals surface area contributed by atoms with Crippen LogP contribution in [0, 0.1) is 0 Å². The van der Waals surface area contributed by atoms with Crippen LogP contribution in [0.4, 0.5) is 11.8 Å². The number of thiazole rings is 1. The zero-order chi connectivity index (χ0) is 18.8. The molecule has 3 aromatic heterocycles. The van der Waals surface area contributed by atoms with E-state index in [0.717, 1.165) is 11.3 Å². The van der Waals surface area contributed by atoms with Gasteiger partial charge in [-0.25, -0.2) is 19.3 Å². The van der Waals surface area contributed by atoms with Gasteiger partial charge in [-0.1, -0.05) is 23.7 Å². The molecule has 0 aliphatic carbocycles. The van der Waals surface area contributed by atoms with Crippen LogP contribution in [-0.2, 0) is 4.74 Å². The fourth-order valence-corrected chi connectivity index (χ4v) is 3.40. The first kappa shape index (κ1) is 17.4. The summed E-state index contributed by atoms with van der Waals surface area (Å²) in [6, 6.07) is 7.48. The number of benzene rings is 1. The lowest BCUT2D eigenvalue weighted by molar-refractivity contribution is 0.0526. The molecule has 1 N–H and O–H groups in total. The third kappa shape index (κ3) is 3.46. The Morgan fingerprint density at radius 1 is 1.33 bits per heavy atom. The summed E-state index contributed by atoms with van der Waals surface area (Å²) in [5.74, 6) is 0.0968. The minimum absolute atomic E-state index is 0.218. The lowest BCUT2D eigenvalue weighted by Crippen LogP contribution is -2.10. The molecule has 0 spiro atoms. The fraction of sp³-hybridized carbons (Fsp3) is 0.118. The van der Waals surface area contributed by atoms with Crippen molar-refractivity contribution in [3.8, 4) is 11.3 Å². The summed E-state index contributed by atoms with van der Waals surface area (Å²) in [6.45, 7) is 1.99. The predicted molar refractivity (Wildman–Crippen MR) is 103 cm³/mol. The minimum atomic E-state index is -0.511. The molecule has 0 unspecified atom stereocenters. The van der Waals surface area contributed by atoms with Gasteiger partial charge in [0.2, 0.25) is 10.9 Å². The number of esters is 1. The first-order chi connectivity index (χ1) is 13.2. The van der Waals surface area contributed by atoms with Gasteiger partial charge in [0.25, 0.3) is 0 Å². The number of ether oxygens (including phenoxy) is 1. The predicted octanol–water partition coefficient (Wildman–Crippen LogP) is 3.82. The van der Waals surface area contributed by atoms with E-state index in [0.29, 0.717) is 15.9 Å². The topological polar surface area (TPSA) is 94.3 Å². The van der Waals surface area contributed by atoms with E-state index in [2.05, 4.69) is 25.4 Å². The van der Waals surface area contributed by atoms with Crippen molar-refractivity contribution in [2.24, 2.45) is 0 Å². The molecule has 1 aromatic carbocycles. The Morgan fingerprint density at radius 3 is 2.93 bits per heavy atom. The van der Waals surface area contributed by atoms with Crippen LogP contribution in [0.15, 0.2) is 42.2 Å². The van der Waals surface area contributed by atoms with Crippen LogP contribution in [0.1, 0.15) is 17.3 Å². The third-order valence-corrected chi connectivity index (χ3v) is 4.73. The van der Waals surface area contributed by atoms with Gasteiger partial charge in [0, 0.05) is 22.2 Å². The van der Waals surface area contributed by atoms with Gasteiger partial charge in [0.1, 0.15) is 11.9 Å². The maximum Gasteiger partial charge on any atom is 0.343 e. The standard InChI is InChI=1S/C17H13ClN6O2S/c1-2-26-15(25)12-7-19-9-20-14(12)21-16-22-17-24(23-16)13(8-27-17)10-3-5-11(18)6-4-10/h3-9H,2H2,1H3,(H,19,20,21,23). The van der Waals surface area contributed by atoms with Gasteiger partial charge in [-0.3, -0.25) is 0 Å². The highest BCUT2D eigenvalue weighted by Gasteiger charge is 2.17. The summed E-state index contributed by atoms with van der Waals surface area (Å²) in [7, 11) is 0. The van der Waals surface area contributed by atoms with E-state index in [1.54, 1.807) is 11.4 Å². The largest absolute Gasteiger partial charge is 0.462 e. The second kappa shape index (κ2) is 7.29. The Hall–Kier alpha value is -3.04. The van der Waals surface area contributed by atoms with E-state index >= 15 is 0 Å². The molecular weight excluding hydrogens is 388 g/mol. The molecule has 4 aromatic rings. The summed E-state index contributed by atoms with van der Waals surface area (Å²) in [5, 5.41) is 10.1. The van der Waals surface area contributed by atoms with Crippen LogP contribution in [0.3, 0.4) is 0 Å². The molecule has 0 radical (unpaired) electrons. The highest BCUT2D eigenvalue weighted by Crippen LogP contribution is 2.27. The van der Waals surface area contributed by atoms with E-state index in [9.17, 15) is 4.79 Å². The molecule has 0 aliphatic rings. The van der Waals surface area contributed by atoms with E-state index < -0.39 is 5.97 Å². The van der Waals surface area contributed by atoms with Crippen molar-refractivity contribution in [2.75, 3.05) is 11.9 Å². The van der Waals surface area contributed by atoms with Gasteiger partial charge in [0.05, 0.1) is 12.3 Å². The zero-order valence-electron chi connectivity index (χ0n) is 14.1. The third-order valence-electron chi connectivity index (χ3n) is 3.66. The van der Waals surface area contributed by atoms with Crippen LogP contribution in [0.25, 0.3) is 16.2 Å². The van der Waals surface area contributed by atoms with Crippen molar-refractivity contribution < 1.29 is 9.53 Å². The van der Waals surface area contributed by atoms with Gasteiger partial charge < -0.3 is 10.1 Å². The minimum Gasteiger partial charge on any atom is -0.462 e. The van der Waals surface area contributed by atoms with Gasteiger partial charge in [-0.2, -0.15) is 4.98 Å². The second-order valence-corrected chi connectivity index (χ2v) is 6.66. The highest BCUT2D eigenvalue weighted by molar-refractivity contribution is 7.15. The Morgan fingerprint density at radius 2 is 2.15 bits per heavy atom. The highest BCUT2D eigenvalue weighted by atomic mass is 35.5. The van der Waals surface area contributed by atoms with Crippen molar-refractivity contribution >= 4 is 45.6 Å². The van der Waals surface area contributed by atoms with Gasteiger partial charge in [-0.15, -0.1) is 16.4 Å². The van der Waals surface area contributed by atoms with Gasteiger partial charge >= 0.3 is 5.97 Å². The number of carbonyl (C=O) groups is 1. The van der Waals surface area contributed by atoms with Gasteiger partial charge in [0.15, 0.2) is 5.82 Å². The van der Waals surface area contributed by atoms with Crippen molar-refractivity contribution in [3.05, 3.63) is 52.8 Å². The maximum absolute atomic E-state index is 12.0. The number of halogens is 1. The first-order valence-electron chi connectivity index (χ1n) is 8.00. The molecule has 0 fully saturated rings. The van der Waals surface area contributed by atoms with Crippen LogP contribution < -0.4 is 5.32 Å². The van der Waals surface area contributed by atoms with Crippen molar-refractivity contribution in [1.29, 1.82) is 0 Å². The van der Waals surface area contributed by atoms with E-state index in [4.69, 9.17) is 16.3 Å². The Kier molecular flexibility index (Phi) is 4.69. The average molecular weight is 401 g/mol. The molecule has 0 atom stereocenters. The lowest BCUT2D eigenvalue weighted by atomic mass is 10.2. The molecule has 27 heavy (non-hydrogen) atoms. The molecule has 0 saturated carbocycles. The zero-order valence-corrected chi connectivity index (χ0v) is 15.7. The summed E-state index contributed by atoms with van der Waals surface area (Å²) in [4.78, 5) is 25.2. The summed E-state index contributed by atoms with van der Waals surface area (Å²) >= 11 is 7.41. The molecule has 136 valence electrons. The monoisotopic (exact) mass is 400 g/mol. The number of hydrogen-bond donors (Lipinski definition) is 1. The lowest BCUT2D eigenvalue weighted by Gasteiger charge is -2.06. The van der Waals surface area contributed by atoms with Crippen molar-refractivity contribution in [2.45, 2.75) is 6.92 Å². The van der Waals surface area contributed by atoms with Gasteiger partial charge in [-0.05, 0) is 19.1 Å².